The molecule has 0 amide bonds. The van der Waals surface area contributed by atoms with Gasteiger partial charge in [0.1, 0.15) is 6.54 Å². The van der Waals surface area contributed by atoms with E-state index in [-0.39, 0.29) is 6.54 Å². The largest absolute Gasteiger partial charge is 0.480 e. The fraction of sp³-hybridized carbons (Fsp3) is 0.222. The molecule has 0 unspecified atom stereocenters. The molecule has 0 saturated carbocycles. The molecule has 6 heteroatoms. The molecule has 2 rings (SSSR count). The van der Waals surface area contributed by atoms with Crippen LogP contribution in [0.2, 0.25) is 0 Å². The molecule has 0 saturated heterocycles. The summed E-state index contributed by atoms with van der Waals surface area (Å²) in [6.07, 6.45) is 1.63. The molecular weight excluding hydrogens is 262 g/mol. The number of halogens is 1. The third kappa shape index (κ3) is 1.85. The van der Waals surface area contributed by atoms with E-state index in [1.807, 2.05) is 6.07 Å². The van der Waals surface area contributed by atoms with Gasteiger partial charge in [-0.05, 0) is 12.1 Å². The number of hydrogen-bond donors (Lipinski definition) is 1. The number of rotatable bonds is 3. The molecule has 0 aliphatic carbocycles. The smallest absolute Gasteiger partial charge is 0.325 e. The minimum absolute atomic E-state index is 0.166. The molecule has 78 valence electrons. The van der Waals surface area contributed by atoms with Crippen LogP contribution in [-0.4, -0.2) is 25.8 Å². The highest BCUT2D eigenvalue weighted by Gasteiger charge is 2.11. The van der Waals surface area contributed by atoms with Crippen LogP contribution in [0.5, 0.6) is 0 Å². The summed E-state index contributed by atoms with van der Waals surface area (Å²) in [7, 11) is 0. The fourth-order valence-electron chi connectivity index (χ4n) is 1.41. The molecule has 5 nitrogen and oxygen atoms in total. The number of aromatic nitrogens is 3. The second-order valence-corrected chi connectivity index (χ2v) is 3.57. The molecular formula is C9H8BrN3O2. The van der Waals surface area contributed by atoms with Gasteiger partial charge in [0, 0.05) is 16.9 Å². The number of nitrogens with zero attached hydrogens (tertiary/aromatic N) is 3. The standard InChI is InChI=1S/C9H8BrN3O2/c10-4-7-6-2-1-3-11-9(6)13(12-7)5-8(14)15/h1-3H,4-5H2,(H,14,15). The molecule has 0 aliphatic heterocycles. The highest BCUT2D eigenvalue weighted by atomic mass is 79.9. The van der Waals surface area contributed by atoms with E-state index < -0.39 is 5.97 Å². The molecule has 2 aromatic rings. The summed E-state index contributed by atoms with van der Waals surface area (Å²) in [5.41, 5.74) is 1.41. The number of pyridine rings is 1. The summed E-state index contributed by atoms with van der Waals surface area (Å²) < 4.78 is 1.40. The lowest BCUT2D eigenvalue weighted by Crippen LogP contribution is -2.10. The zero-order valence-corrected chi connectivity index (χ0v) is 9.31. The Balaban J connectivity index is 2.59. The number of carboxylic acids is 1. The number of carboxylic acid groups (broad SMARTS) is 1. The zero-order chi connectivity index (χ0) is 10.8. The fourth-order valence-corrected chi connectivity index (χ4v) is 1.83. The number of hydrogen-bond acceptors (Lipinski definition) is 3. The van der Waals surface area contributed by atoms with Crippen molar-refractivity contribution in [3.05, 3.63) is 24.0 Å². The van der Waals surface area contributed by atoms with E-state index in [0.717, 1.165) is 11.1 Å². The first-order chi connectivity index (χ1) is 7.22. The Labute approximate surface area is 93.9 Å². The first-order valence-corrected chi connectivity index (χ1v) is 5.42. The van der Waals surface area contributed by atoms with Crippen LogP contribution in [0, 0.1) is 0 Å². The summed E-state index contributed by atoms with van der Waals surface area (Å²) in [4.78, 5) is 14.7. The van der Waals surface area contributed by atoms with Gasteiger partial charge in [-0.2, -0.15) is 5.10 Å². The number of aliphatic carboxylic acids is 1. The third-order valence-corrected chi connectivity index (χ3v) is 2.53. The van der Waals surface area contributed by atoms with Gasteiger partial charge in [-0.25, -0.2) is 9.67 Å². The van der Waals surface area contributed by atoms with Gasteiger partial charge in [-0.15, -0.1) is 0 Å². The minimum atomic E-state index is -0.925. The second-order valence-electron chi connectivity index (χ2n) is 3.01. The van der Waals surface area contributed by atoms with Gasteiger partial charge in [0.05, 0.1) is 5.69 Å². The molecule has 1 N–H and O–H groups in total. The van der Waals surface area contributed by atoms with Crippen LogP contribution < -0.4 is 0 Å². The van der Waals surface area contributed by atoms with Gasteiger partial charge >= 0.3 is 5.97 Å². The Morgan fingerprint density at radius 1 is 1.60 bits per heavy atom. The van der Waals surface area contributed by atoms with Crippen molar-refractivity contribution in [1.29, 1.82) is 0 Å². The Kier molecular flexibility index (Phi) is 2.68. The van der Waals surface area contributed by atoms with E-state index in [4.69, 9.17) is 5.11 Å². The highest BCUT2D eigenvalue weighted by molar-refractivity contribution is 9.08. The molecule has 0 spiro atoms. The van der Waals surface area contributed by atoms with Gasteiger partial charge in [-0.3, -0.25) is 4.79 Å². The second kappa shape index (κ2) is 3.98. The Morgan fingerprint density at radius 2 is 2.40 bits per heavy atom. The molecule has 15 heavy (non-hydrogen) atoms. The first-order valence-electron chi connectivity index (χ1n) is 4.30. The van der Waals surface area contributed by atoms with E-state index in [1.165, 1.54) is 4.68 Å². The molecule has 0 bridgehead atoms. The normalized spacial score (nSPS) is 10.7. The Bertz CT molecular complexity index is 509. The Hall–Kier alpha value is -1.43. The van der Waals surface area contributed by atoms with Crippen LogP contribution in [0.1, 0.15) is 5.69 Å². The lowest BCUT2D eigenvalue weighted by Gasteiger charge is -1.96. The van der Waals surface area contributed by atoms with Gasteiger partial charge < -0.3 is 5.11 Å². The van der Waals surface area contributed by atoms with Crippen molar-refractivity contribution in [1.82, 2.24) is 14.8 Å². The molecule has 0 aromatic carbocycles. The average molecular weight is 270 g/mol. The summed E-state index contributed by atoms with van der Waals surface area (Å²) in [6, 6.07) is 3.69. The molecule has 0 radical (unpaired) electrons. The Morgan fingerprint density at radius 3 is 3.07 bits per heavy atom. The SMILES string of the molecule is O=C(O)Cn1nc(CBr)c2cccnc21. The maximum Gasteiger partial charge on any atom is 0.325 e. The van der Waals surface area contributed by atoms with Crippen molar-refractivity contribution in [3.8, 4) is 0 Å². The van der Waals surface area contributed by atoms with Crippen molar-refractivity contribution in [2.24, 2.45) is 0 Å². The lowest BCUT2D eigenvalue weighted by molar-refractivity contribution is -0.137. The van der Waals surface area contributed by atoms with E-state index in [9.17, 15) is 4.79 Å². The number of alkyl halides is 1. The first kappa shape index (κ1) is 10.1. The van der Waals surface area contributed by atoms with Crippen LogP contribution in [0.15, 0.2) is 18.3 Å². The summed E-state index contributed by atoms with van der Waals surface area (Å²) in [5, 5.41) is 14.4. The lowest BCUT2D eigenvalue weighted by atomic mass is 10.3. The van der Waals surface area contributed by atoms with Crippen molar-refractivity contribution >= 4 is 32.9 Å². The van der Waals surface area contributed by atoms with Gasteiger partial charge in [0.2, 0.25) is 0 Å². The van der Waals surface area contributed by atoms with E-state index in [1.54, 1.807) is 12.3 Å². The van der Waals surface area contributed by atoms with Crippen molar-refractivity contribution in [3.63, 3.8) is 0 Å². The van der Waals surface area contributed by atoms with E-state index in [0.29, 0.717) is 11.0 Å². The predicted molar refractivity (Wildman–Crippen MR) is 57.8 cm³/mol. The maximum absolute atomic E-state index is 10.6. The highest BCUT2D eigenvalue weighted by Crippen LogP contribution is 2.18. The maximum atomic E-state index is 10.6. The van der Waals surface area contributed by atoms with Crippen molar-refractivity contribution < 1.29 is 9.90 Å². The molecule has 0 fully saturated rings. The van der Waals surface area contributed by atoms with Crippen LogP contribution in [0.4, 0.5) is 0 Å². The van der Waals surface area contributed by atoms with Gasteiger partial charge in [0.25, 0.3) is 0 Å². The average Bonchev–Trinajstić information content (AvgIpc) is 2.56. The summed E-state index contributed by atoms with van der Waals surface area (Å²) in [5.74, 6) is -0.925. The third-order valence-electron chi connectivity index (χ3n) is 2.00. The van der Waals surface area contributed by atoms with E-state index in [2.05, 4.69) is 26.0 Å². The molecule has 2 aromatic heterocycles. The molecule has 2 heterocycles. The molecule has 0 aliphatic rings. The number of fused-ring (bicyclic) bond motifs is 1. The van der Waals surface area contributed by atoms with Crippen molar-refractivity contribution in [2.75, 3.05) is 0 Å². The monoisotopic (exact) mass is 269 g/mol. The minimum Gasteiger partial charge on any atom is -0.480 e. The van der Waals surface area contributed by atoms with Gasteiger partial charge in [-0.1, -0.05) is 15.9 Å². The quantitative estimate of drug-likeness (QED) is 0.856. The van der Waals surface area contributed by atoms with E-state index >= 15 is 0 Å². The summed E-state index contributed by atoms with van der Waals surface area (Å²) in [6.45, 7) is -0.166. The predicted octanol–water partition coefficient (Wildman–Crippen LogP) is 1.41. The van der Waals surface area contributed by atoms with Gasteiger partial charge in [0.15, 0.2) is 5.65 Å². The number of carbonyl (C=O) groups is 1. The van der Waals surface area contributed by atoms with Crippen LogP contribution in [-0.2, 0) is 16.7 Å². The zero-order valence-electron chi connectivity index (χ0n) is 7.72. The van der Waals surface area contributed by atoms with Crippen LogP contribution >= 0.6 is 15.9 Å². The summed E-state index contributed by atoms with van der Waals surface area (Å²) >= 11 is 3.31. The van der Waals surface area contributed by atoms with Crippen LogP contribution in [0.25, 0.3) is 11.0 Å². The van der Waals surface area contributed by atoms with Crippen LogP contribution in [0.3, 0.4) is 0 Å². The van der Waals surface area contributed by atoms with Crippen molar-refractivity contribution in [2.45, 2.75) is 11.9 Å². The topological polar surface area (TPSA) is 68.0 Å². The molecule has 0 atom stereocenters.